The zero-order valence-corrected chi connectivity index (χ0v) is 11.4. The molecule has 1 saturated heterocycles. The highest BCUT2D eigenvalue weighted by molar-refractivity contribution is 5.61. The van der Waals surface area contributed by atoms with E-state index in [1.165, 1.54) is 12.1 Å². The molecule has 0 radical (unpaired) electrons. The van der Waals surface area contributed by atoms with Crippen LogP contribution in [0.25, 0.3) is 0 Å². The number of piperidine rings is 1. The van der Waals surface area contributed by atoms with Crippen LogP contribution in [-0.4, -0.2) is 35.7 Å². The molecule has 1 fully saturated rings. The van der Waals surface area contributed by atoms with Crippen molar-refractivity contribution < 1.29 is 9.66 Å². The van der Waals surface area contributed by atoms with Gasteiger partial charge in [-0.05, 0) is 25.8 Å². The SMILES string of the molecule is CCOC1CCN(c2nc(NN)ccc2[N+](=O)[O-])CC1. The first-order valence-electron chi connectivity index (χ1n) is 6.64. The van der Waals surface area contributed by atoms with Gasteiger partial charge >= 0.3 is 5.69 Å². The Morgan fingerprint density at radius 3 is 2.80 bits per heavy atom. The highest BCUT2D eigenvalue weighted by atomic mass is 16.6. The van der Waals surface area contributed by atoms with Crippen molar-refractivity contribution in [3.8, 4) is 0 Å². The molecule has 3 N–H and O–H groups in total. The molecule has 0 atom stereocenters. The van der Waals surface area contributed by atoms with Gasteiger partial charge in [0, 0.05) is 25.8 Å². The lowest BCUT2D eigenvalue weighted by molar-refractivity contribution is -0.384. The van der Waals surface area contributed by atoms with E-state index in [2.05, 4.69) is 10.4 Å². The third kappa shape index (κ3) is 3.14. The van der Waals surface area contributed by atoms with Crippen LogP contribution in [0.2, 0.25) is 0 Å². The third-order valence-electron chi connectivity index (χ3n) is 3.34. The number of anilines is 2. The summed E-state index contributed by atoms with van der Waals surface area (Å²) in [6.45, 7) is 4.03. The Morgan fingerprint density at radius 1 is 1.55 bits per heavy atom. The van der Waals surface area contributed by atoms with Gasteiger partial charge in [0.25, 0.3) is 0 Å². The van der Waals surface area contributed by atoms with Crippen molar-refractivity contribution in [1.82, 2.24) is 4.98 Å². The molecule has 0 aliphatic carbocycles. The third-order valence-corrected chi connectivity index (χ3v) is 3.34. The summed E-state index contributed by atoms with van der Waals surface area (Å²) in [5.41, 5.74) is 2.42. The summed E-state index contributed by atoms with van der Waals surface area (Å²) in [6.07, 6.45) is 1.91. The second kappa shape index (κ2) is 6.49. The number of ether oxygens (including phenoxy) is 1. The lowest BCUT2D eigenvalue weighted by Gasteiger charge is -2.32. The molecule has 0 spiro atoms. The summed E-state index contributed by atoms with van der Waals surface area (Å²) in [6, 6.07) is 2.92. The molecular formula is C12H19N5O3. The van der Waals surface area contributed by atoms with Gasteiger partial charge in [-0.1, -0.05) is 0 Å². The molecule has 2 rings (SSSR count). The van der Waals surface area contributed by atoms with E-state index in [-0.39, 0.29) is 11.8 Å². The second-order valence-electron chi connectivity index (χ2n) is 4.58. The normalized spacial score (nSPS) is 16.2. The fraction of sp³-hybridized carbons (Fsp3) is 0.583. The summed E-state index contributed by atoms with van der Waals surface area (Å²) in [5.74, 6) is 6.09. The Labute approximate surface area is 117 Å². The minimum atomic E-state index is -0.419. The predicted octanol–water partition coefficient (Wildman–Crippen LogP) is 1.28. The summed E-state index contributed by atoms with van der Waals surface area (Å²) >= 11 is 0. The number of rotatable bonds is 5. The molecule has 2 heterocycles. The van der Waals surface area contributed by atoms with E-state index < -0.39 is 4.92 Å². The van der Waals surface area contributed by atoms with E-state index in [1.54, 1.807) is 0 Å². The number of hydrogen-bond donors (Lipinski definition) is 2. The van der Waals surface area contributed by atoms with E-state index in [9.17, 15) is 10.1 Å². The number of pyridine rings is 1. The molecule has 20 heavy (non-hydrogen) atoms. The van der Waals surface area contributed by atoms with Crippen LogP contribution in [0.4, 0.5) is 17.3 Å². The fourth-order valence-electron chi connectivity index (χ4n) is 2.37. The minimum Gasteiger partial charge on any atom is -0.378 e. The summed E-state index contributed by atoms with van der Waals surface area (Å²) in [7, 11) is 0. The quantitative estimate of drug-likeness (QED) is 0.475. The largest absolute Gasteiger partial charge is 0.378 e. The van der Waals surface area contributed by atoms with Crippen molar-refractivity contribution in [2.24, 2.45) is 5.84 Å². The summed E-state index contributed by atoms with van der Waals surface area (Å²) < 4.78 is 5.58. The fourth-order valence-corrected chi connectivity index (χ4v) is 2.37. The topological polar surface area (TPSA) is 107 Å². The first kappa shape index (κ1) is 14.5. The van der Waals surface area contributed by atoms with Crippen molar-refractivity contribution >= 4 is 17.3 Å². The van der Waals surface area contributed by atoms with E-state index in [1.807, 2.05) is 11.8 Å². The molecule has 1 aliphatic heterocycles. The lowest BCUT2D eigenvalue weighted by Crippen LogP contribution is -2.38. The van der Waals surface area contributed by atoms with Crippen molar-refractivity contribution in [1.29, 1.82) is 0 Å². The first-order chi connectivity index (χ1) is 9.65. The van der Waals surface area contributed by atoms with Crippen LogP contribution in [0.1, 0.15) is 19.8 Å². The Morgan fingerprint density at radius 2 is 2.25 bits per heavy atom. The summed E-state index contributed by atoms with van der Waals surface area (Å²) in [5, 5.41) is 11.1. The minimum absolute atomic E-state index is 0.00106. The van der Waals surface area contributed by atoms with Gasteiger partial charge in [-0.2, -0.15) is 0 Å². The predicted molar refractivity (Wildman–Crippen MR) is 75.6 cm³/mol. The maximum absolute atomic E-state index is 11.1. The van der Waals surface area contributed by atoms with Crippen LogP contribution in [0.15, 0.2) is 12.1 Å². The molecular weight excluding hydrogens is 262 g/mol. The van der Waals surface area contributed by atoms with E-state index in [4.69, 9.17) is 10.6 Å². The van der Waals surface area contributed by atoms with Gasteiger partial charge in [-0.3, -0.25) is 10.1 Å². The maximum Gasteiger partial charge on any atom is 0.311 e. The molecule has 0 bridgehead atoms. The Hall–Kier alpha value is -1.93. The highest BCUT2D eigenvalue weighted by Gasteiger charge is 2.26. The van der Waals surface area contributed by atoms with Crippen molar-refractivity contribution in [3.05, 3.63) is 22.2 Å². The van der Waals surface area contributed by atoms with Crippen LogP contribution >= 0.6 is 0 Å². The highest BCUT2D eigenvalue weighted by Crippen LogP contribution is 2.30. The maximum atomic E-state index is 11.1. The standard InChI is InChI=1S/C12H19N5O3/c1-2-20-9-5-7-16(8-6-9)12-10(17(18)19)3-4-11(14-12)15-13/h3-4,9H,2,5-8,13H2,1H3,(H,14,15). The van der Waals surface area contributed by atoms with Crippen LogP contribution in [-0.2, 0) is 4.74 Å². The molecule has 110 valence electrons. The van der Waals surface area contributed by atoms with Gasteiger partial charge in [0.2, 0.25) is 5.82 Å². The van der Waals surface area contributed by atoms with Gasteiger partial charge < -0.3 is 15.1 Å². The van der Waals surface area contributed by atoms with Crippen molar-refractivity contribution in [3.63, 3.8) is 0 Å². The lowest BCUT2D eigenvalue weighted by atomic mass is 10.1. The van der Waals surface area contributed by atoms with Crippen molar-refractivity contribution in [2.75, 3.05) is 30.0 Å². The van der Waals surface area contributed by atoms with Gasteiger partial charge in [-0.25, -0.2) is 10.8 Å². The van der Waals surface area contributed by atoms with Gasteiger partial charge in [0.1, 0.15) is 5.82 Å². The number of aromatic nitrogens is 1. The number of nitro groups is 1. The zero-order chi connectivity index (χ0) is 14.5. The molecule has 8 nitrogen and oxygen atoms in total. The molecule has 0 unspecified atom stereocenters. The van der Waals surface area contributed by atoms with E-state index in [0.29, 0.717) is 31.3 Å². The number of nitrogens with one attached hydrogen (secondary N) is 1. The number of nitrogen functional groups attached to an aromatic ring is 1. The Kier molecular flexibility index (Phi) is 4.70. The molecule has 1 aromatic heterocycles. The number of nitrogens with two attached hydrogens (primary N) is 1. The second-order valence-corrected chi connectivity index (χ2v) is 4.58. The zero-order valence-electron chi connectivity index (χ0n) is 11.4. The van der Waals surface area contributed by atoms with Crippen LogP contribution in [0, 0.1) is 10.1 Å². The van der Waals surface area contributed by atoms with Gasteiger partial charge in [-0.15, -0.1) is 0 Å². The van der Waals surface area contributed by atoms with E-state index in [0.717, 1.165) is 12.8 Å². The smallest absolute Gasteiger partial charge is 0.311 e. The van der Waals surface area contributed by atoms with Gasteiger partial charge in [0.15, 0.2) is 0 Å². The summed E-state index contributed by atoms with van der Waals surface area (Å²) in [4.78, 5) is 16.8. The Bertz CT molecular complexity index is 474. The average Bonchev–Trinajstić information content (AvgIpc) is 2.47. The van der Waals surface area contributed by atoms with Crippen LogP contribution in [0.5, 0.6) is 0 Å². The molecule has 0 saturated carbocycles. The van der Waals surface area contributed by atoms with Gasteiger partial charge in [0.05, 0.1) is 11.0 Å². The van der Waals surface area contributed by atoms with Crippen molar-refractivity contribution in [2.45, 2.75) is 25.9 Å². The Balaban J connectivity index is 2.17. The number of hydrogen-bond acceptors (Lipinski definition) is 7. The molecule has 1 aliphatic rings. The van der Waals surface area contributed by atoms with Crippen LogP contribution in [0.3, 0.4) is 0 Å². The molecule has 0 aromatic carbocycles. The molecule has 1 aromatic rings. The molecule has 0 amide bonds. The number of hydrazine groups is 1. The van der Waals surface area contributed by atoms with Crippen LogP contribution < -0.4 is 16.2 Å². The average molecular weight is 281 g/mol. The molecule has 8 heteroatoms. The monoisotopic (exact) mass is 281 g/mol. The first-order valence-corrected chi connectivity index (χ1v) is 6.64. The number of nitrogens with zero attached hydrogens (tertiary/aromatic N) is 3. The van der Waals surface area contributed by atoms with E-state index >= 15 is 0 Å².